The second-order valence-corrected chi connectivity index (χ2v) is 3.53. The van der Waals surface area contributed by atoms with Crippen molar-refractivity contribution in [3.8, 4) is 5.75 Å². The summed E-state index contributed by atoms with van der Waals surface area (Å²) in [6, 6.07) is 10.5. The van der Waals surface area contributed by atoms with Crippen molar-refractivity contribution in [1.29, 1.82) is 0 Å². The van der Waals surface area contributed by atoms with Crippen molar-refractivity contribution < 1.29 is 19.4 Å². The number of carboxylic acids is 1. The highest BCUT2D eigenvalue weighted by Crippen LogP contribution is 2.23. The smallest absolute Gasteiger partial charge is 0.341 e. The van der Waals surface area contributed by atoms with E-state index in [0.717, 1.165) is 17.1 Å². The molecule has 86 valence electrons. The van der Waals surface area contributed by atoms with E-state index in [2.05, 4.69) is 0 Å². The summed E-state index contributed by atoms with van der Waals surface area (Å²) in [6.45, 7) is -0.376. The molecular formula is C13H10O4. The molecule has 0 heterocycles. The van der Waals surface area contributed by atoms with Gasteiger partial charge in [-0.15, -0.1) is 0 Å². The topological polar surface area (TPSA) is 63.6 Å². The molecule has 0 bridgehead atoms. The number of carbonyl (C=O) groups is 2. The quantitative estimate of drug-likeness (QED) is 0.817. The van der Waals surface area contributed by atoms with Gasteiger partial charge in [-0.05, 0) is 29.0 Å². The van der Waals surface area contributed by atoms with Gasteiger partial charge in [-0.1, -0.05) is 18.2 Å². The molecule has 0 atom stereocenters. The maximum absolute atomic E-state index is 10.8. The number of hydrogen-bond acceptors (Lipinski definition) is 3. The molecule has 0 aliphatic rings. The Morgan fingerprint density at radius 3 is 2.82 bits per heavy atom. The van der Waals surface area contributed by atoms with Crippen molar-refractivity contribution in [2.24, 2.45) is 0 Å². The standard InChI is InChI=1S/C13H10O4/c14-7-10-3-1-2-9-6-11(4-5-12(9)10)17-8-13(15)16/h1-7H,8H2,(H,15,16). The molecule has 4 nitrogen and oxygen atoms in total. The monoisotopic (exact) mass is 230 g/mol. The third-order valence-electron chi connectivity index (χ3n) is 2.37. The molecule has 0 aromatic heterocycles. The minimum atomic E-state index is -1.02. The molecule has 0 radical (unpaired) electrons. The lowest BCUT2D eigenvalue weighted by Gasteiger charge is -2.05. The predicted molar refractivity (Wildman–Crippen MR) is 62.5 cm³/mol. The van der Waals surface area contributed by atoms with Gasteiger partial charge in [0.25, 0.3) is 0 Å². The average molecular weight is 230 g/mol. The maximum atomic E-state index is 10.8. The lowest BCUT2D eigenvalue weighted by molar-refractivity contribution is -0.139. The fraction of sp³-hybridized carbons (Fsp3) is 0.0769. The van der Waals surface area contributed by atoms with Gasteiger partial charge in [-0.2, -0.15) is 0 Å². The van der Waals surface area contributed by atoms with Crippen LogP contribution >= 0.6 is 0 Å². The number of rotatable bonds is 4. The Balaban J connectivity index is 2.37. The van der Waals surface area contributed by atoms with E-state index in [4.69, 9.17) is 9.84 Å². The fourth-order valence-corrected chi connectivity index (χ4v) is 1.62. The minimum absolute atomic E-state index is 0.376. The van der Waals surface area contributed by atoms with E-state index >= 15 is 0 Å². The summed E-state index contributed by atoms with van der Waals surface area (Å²) < 4.78 is 5.06. The maximum Gasteiger partial charge on any atom is 0.341 e. The van der Waals surface area contributed by atoms with Crippen LogP contribution in [0.4, 0.5) is 0 Å². The highest BCUT2D eigenvalue weighted by Gasteiger charge is 2.03. The average Bonchev–Trinajstić information content (AvgIpc) is 2.35. The Morgan fingerprint density at radius 2 is 2.12 bits per heavy atom. The van der Waals surface area contributed by atoms with Crippen LogP contribution in [0.1, 0.15) is 10.4 Å². The molecule has 2 aromatic rings. The number of carboxylic acid groups (broad SMARTS) is 1. The molecule has 0 unspecified atom stereocenters. The van der Waals surface area contributed by atoms with Crippen LogP contribution in [0.25, 0.3) is 10.8 Å². The van der Waals surface area contributed by atoms with Crippen LogP contribution in [0.3, 0.4) is 0 Å². The molecule has 0 aliphatic heterocycles. The third kappa shape index (κ3) is 2.42. The number of ether oxygens (including phenoxy) is 1. The fourth-order valence-electron chi connectivity index (χ4n) is 1.62. The molecule has 2 rings (SSSR count). The summed E-state index contributed by atoms with van der Waals surface area (Å²) in [5, 5.41) is 10.2. The molecule has 17 heavy (non-hydrogen) atoms. The first kappa shape index (κ1) is 11.1. The zero-order chi connectivity index (χ0) is 12.3. The van der Waals surface area contributed by atoms with Crippen LogP contribution in [0.2, 0.25) is 0 Å². The van der Waals surface area contributed by atoms with Gasteiger partial charge < -0.3 is 9.84 Å². The van der Waals surface area contributed by atoms with Crippen LogP contribution in [-0.4, -0.2) is 24.0 Å². The highest BCUT2D eigenvalue weighted by molar-refractivity contribution is 5.98. The van der Waals surface area contributed by atoms with Crippen LogP contribution in [0.5, 0.6) is 5.75 Å². The zero-order valence-electron chi connectivity index (χ0n) is 8.92. The number of aldehydes is 1. The first-order valence-electron chi connectivity index (χ1n) is 5.03. The van der Waals surface area contributed by atoms with Crippen molar-refractivity contribution >= 4 is 23.0 Å². The van der Waals surface area contributed by atoms with Gasteiger partial charge in [0.05, 0.1) is 0 Å². The first-order valence-corrected chi connectivity index (χ1v) is 5.03. The summed E-state index contributed by atoms with van der Waals surface area (Å²) >= 11 is 0. The zero-order valence-corrected chi connectivity index (χ0v) is 8.92. The van der Waals surface area contributed by atoms with Gasteiger partial charge in [0, 0.05) is 5.56 Å². The van der Waals surface area contributed by atoms with Gasteiger partial charge in [-0.3, -0.25) is 4.79 Å². The molecule has 0 spiro atoms. The van der Waals surface area contributed by atoms with E-state index in [0.29, 0.717) is 11.3 Å². The molecule has 0 amide bonds. The van der Waals surface area contributed by atoms with E-state index in [1.807, 2.05) is 6.07 Å². The van der Waals surface area contributed by atoms with Gasteiger partial charge in [0.2, 0.25) is 0 Å². The Hall–Kier alpha value is -2.36. The Morgan fingerprint density at radius 1 is 1.29 bits per heavy atom. The van der Waals surface area contributed by atoms with Crippen LogP contribution in [0, 0.1) is 0 Å². The molecule has 2 aromatic carbocycles. The summed E-state index contributed by atoms with van der Waals surface area (Å²) in [7, 11) is 0. The molecule has 1 N–H and O–H groups in total. The summed E-state index contributed by atoms with van der Waals surface area (Å²) in [4.78, 5) is 21.2. The second kappa shape index (κ2) is 4.65. The van der Waals surface area contributed by atoms with E-state index < -0.39 is 5.97 Å². The van der Waals surface area contributed by atoms with Crippen molar-refractivity contribution in [2.45, 2.75) is 0 Å². The molecule has 0 fully saturated rings. The van der Waals surface area contributed by atoms with E-state index in [1.165, 1.54) is 0 Å². The molecular weight excluding hydrogens is 220 g/mol. The Bertz CT molecular complexity index is 575. The van der Waals surface area contributed by atoms with Gasteiger partial charge in [-0.25, -0.2) is 4.79 Å². The van der Waals surface area contributed by atoms with Crippen LogP contribution < -0.4 is 4.74 Å². The van der Waals surface area contributed by atoms with E-state index in [1.54, 1.807) is 30.3 Å². The Labute approximate surface area is 97.4 Å². The molecule has 0 aliphatic carbocycles. The van der Waals surface area contributed by atoms with E-state index in [9.17, 15) is 9.59 Å². The van der Waals surface area contributed by atoms with Gasteiger partial charge in [0.15, 0.2) is 12.9 Å². The van der Waals surface area contributed by atoms with Crippen molar-refractivity contribution in [2.75, 3.05) is 6.61 Å². The summed E-state index contributed by atoms with van der Waals surface area (Å²) in [5.41, 5.74) is 0.604. The predicted octanol–water partition coefficient (Wildman–Crippen LogP) is 2.12. The summed E-state index contributed by atoms with van der Waals surface area (Å²) in [5.74, 6) is -0.547. The third-order valence-corrected chi connectivity index (χ3v) is 2.37. The first-order chi connectivity index (χ1) is 8.20. The molecule has 0 saturated heterocycles. The van der Waals surface area contributed by atoms with Crippen LogP contribution in [0.15, 0.2) is 36.4 Å². The van der Waals surface area contributed by atoms with Crippen molar-refractivity contribution in [3.63, 3.8) is 0 Å². The van der Waals surface area contributed by atoms with E-state index in [-0.39, 0.29) is 6.61 Å². The Kier molecular flexibility index (Phi) is 3.05. The number of fused-ring (bicyclic) bond motifs is 1. The minimum Gasteiger partial charge on any atom is -0.482 e. The normalized spacial score (nSPS) is 10.1. The lowest BCUT2D eigenvalue weighted by atomic mass is 10.1. The van der Waals surface area contributed by atoms with Gasteiger partial charge in [0.1, 0.15) is 5.75 Å². The molecule has 0 saturated carbocycles. The second-order valence-electron chi connectivity index (χ2n) is 3.53. The largest absolute Gasteiger partial charge is 0.482 e. The number of aliphatic carboxylic acids is 1. The van der Waals surface area contributed by atoms with Crippen LogP contribution in [-0.2, 0) is 4.79 Å². The lowest BCUT2D eigenvalue weighted by Crippen LogP contribution is -2.09. The number of hydrogen-bond donors (Lipinski definition) is 1. The van der Waals surface area contributed by atoms with Crippen molar-refractivity contribution in [3.05, 3.63) is 42.0 Å². The van der Waals surface area contributed by atoms with Gasteiger partial charge >= 0.3 is 5.97 Å². The van der Waals surface area contributed by atoms with Crippen molar-refractivity contribution in [1.82, 2.24) is 0 Å². The summed E-state index contributed by atoms with van der Waals surface area (Å²) in [6.07, 6.45) is 0.792. The highest BCUT2D eigenvalue weighted by atomic mass is 16.5. The SMILES string of the molecule is O=Cc1cccc2cc(OCC(=O)O)ccc12. The molecule has 4 heteroatoms. The number of carbonyl (C=O) groups excluding carboxylic acids is 1. The number of benzene rings is 2.